The molecule has 0 bridgehead atoms. The van der Waals surface area contributed by atoms with Crippen molar-refractivity contribution in [1.82, 2.24) is 0 Å². The quantitative estimate of drug-likeness (QED) is 0.795. The lowest BCUT2D eigenvalue weighted by Gasteiger charge is -2.39. The highest BCUT2D eigenvalue weighted by Crippen LogP contribution is 2.37. The molecule has 2 nitrogen and oxygen atoms in total. The molecule has 13 heavy (non-hydrogen) atoms. The molecule has 0 radical (unpaired) electrons. The number of aliphatic hydroxyl groups is 1. The average molecular weight is 196 g/mol. The summed E-state index contributed by atoms with van der Waals surface area (Å²) in [7, 11) is 0. The van der Waals surface area contributed by atoms with Crippen LogP contribution in [0.5, 0.6) is 0 Å². The Bertz CT molecular complexity index is 264. The van der Waals surface area contributed by atoms with Crippen LogP contribution in [0.4, 0.5) is 0 Å². The molecule has 1 aliphatic rings. The average Bonchev–Trinajstić information content (AvgIpc) is 2.13. The summed E-state index contributed by atoms with van der Waals surface area (Å²) in [6.45, 7) is 1.50. The van der Waals surface area contributed by atoms with Gasteiger partial charge in [-0.05, 0) is 12.1 Å². The predicted octanol–water partition coefficient (Wildman–Crippen LogP) is 1.54. The molecule has 1 fully saturated rings. The fourth-order valence-electron chi connectivity index (χ4n) is 1.25. The van der Waals surface area contributed by atoms with Gasteiger partial charge in [0.1, 0.15) is 0 Å². The minimum absolute atomic E-state index is 0.0820. The van der Waals surface area contributed by atoms with Crippen molar-refractivity contribution in [3.63, 3.8) is 0 Å². The van der Waals surface area contributed by atoms with Crippen LogP contribution < -0.4 is 0 Å². The SMILES string of the molecule is OCC1(Sc2ccccc2)COC1. The van der Waals surface area contributed by atoms with E-state index in [0.29, 0.717) is 13.2 Å². The normalized spacial score (nSPS) is 19.5. The van der Waals surface area contributed by atoms with Crippen molar-refractivity contribution < 1.29 is 9.84 Å². The van der Waals surface area contributed by atoms with E-state index in [1.54, 1.807) is 11.8 Å². The van der Waals surface area contributed by atoms with Crippen LogP contribution in [-0.4, -0.2) is 29.7 Å². The fourth-order valence-corrected chi connectivity index (χ4v) is 2.39. The highest BCUT2D eigenvalue weighted by molar-refractivity contribution is 8.00. The fraction of sp³-hybridized carbons (Fsp3) is 0.400. The maximum absolute atomic E-state index is 9.20. The highest BCUT2D eigenvalue weighted by Gasteiger charge is 2.39. The van der Waals surface area contributed by atoms with E-state index in [0.717, 1.165) is 0 Å². The second kappa shape index (κ2) is 3.70. The van der Waals surface area contributed by atoms with Gasteiger partial charge in [-0.3, -0.25) is 0 Å². The zero-order chi connectivity index (χ0) is 9.15. The van der Waals surface area contributed by atoms with Crippen LogP contribution in [0.3, 0.4) is 0 Å². The standard InChI is InChI=1S/C10H12O2S/c11-6-10(7-12-8-10)13-9-4-2-1-3-5-9/h1-5,11H,6-8H2. The van der Waals surface area contributed by atoms with Crippen molar-refractivity contribution in [2.45, 2.75) is 9.64 Å². The van der Waals surface area contributed by atoms with Gasteiger partial charge in [0.2, 0.25) is 0 Å². The lowest BCUT2D eigenvalue weighted by Crippen LogP contribution is -2.49. The molecule has 1 heterocycles. The molecule has 1 aromatic rings. The van der Waals surface area contributed by atoms with Gasteiger partial charge < -0.3 is 9.84 Å². The third-order valence-electron chi connectivity index (χ3n) is 2.10. The zero-order valence-electron chi connectivity index (χ0n) is 7.27. The topological polar surface area (TPSA) is 29.5 Å². The Morgan fingerprint density at radius 1 is 1.31 bits per heavy atom. The molecule has 0 aromatic heterocycles. The number of rotatable bonds is 3. The summed E-state index contributed by atoms with van der Waals surface area (Å²) in [5.74, 6) is 0. The summed E-state index contributed by atoms with van der Waals surface area (Å²) in [5.41, 5.74) is 0. The van der Waals surface area contributed by atoms with Crippen molar-refractivity contribution >= 4 is 11.8 Å². The molecular formula is C10H12O2S. The Hall–Kier alpha value is -0.510. The molecule has 1 aromatic carbocycles. The maximum atomic E-state index is 9.20. The van der Waals surface area contributed by atoms with Crippen molar-refractivity contribution in [2.75, 3.05) is 19.8 Å². The number of aliphatic hydroxyl groups excluding tert-OH is 1. The lowest BCUT2D eigenvalue weighted by atomic mass is 10.1. The molecule has 0 aliphatic carbocycles. The molecule has 2 rings (SSSR count). The van der Waals surface area contributed by atoms with E-state index in [2.05, 4.69) is 12.1 Å². The lowest BCUT2D eigenvalue weighted by molar-refractivity contribution is -0.0318. The molecule has 1 saturated heterocycles. The predicted molar refractivity (Wildman–Crippen MR) is 52.9 cm³/mol. The summed E-state index contributed by atoms with van der Waals surface area (Å²) >= 11 is 1.70. The Labute approximate surface area is 81.9 Å². The number of hydrogen-bond donors (Lipinski definition) is 1. The maximum Gasteiger partial charge on any atom is 0.0902 e. The van der Waals surface area contributed by atoms with E-state index in [4.69, 9.17) is 4.74 Å². The third kappa shape index (κ3) is 1.88. The third-order valence-corrected chi connectivity index (χ3v) is 3.40. The number of benzene rings is 1. The first-order chi connectivity index (χ1) is 6.35. The molecular weight excluding hydrogens is 184 g/mol. The molecule has 3 heteroatoms. The summed E-state index contributed by atoms with van der Waals surface area (Å²) < 4.78 is 5.04. The first-order valence-corrected chi connectivity index (χ1v) is 5.09. The molecule has 0 saturated carbocycles. The van der Waals surface area contributed by atoms with Gasteiger partial charge in [-0.1, -0.05) is 18.2 Å². The first-order valence-electron chi connectivity index (χ1n) is 4.27. The largest absolute Gasteiger partial charge is 0.395 e. The van der Waals surface area contributed by atoms with Gasteiger partial charge >= 0.3 is 0 Å². The Morgan fingerprint density at radius 2 is 2.00 bits per heavy atom. The Morgan fingerprint density at radius 3 is 2.46 bits per heavy atom. The van der Waals surface area contributed by atoms with E-state index in [1.165, 1.54) is 4.90 Å². The van der Waals surface area contributed by atoms with Crippen LogP contribution in [0, 0.1) is 0 Å². The van der Waals surface area contributed by atoms with Crippen molar-refractivity contribution in [1.29, 1.82) is 0 Å². The van der Waals surface area contributed by atoms with Crippen molar-refractivity contribution in [2.24, 2.45) is 0 Å². The van der Waals surface area contributed by atoms with Crippen molar-refractivity contribution in [3.05, 3.63) is 30.3 Å². The van der Waals surface area contributed by atoms with E-state index in [9.17, 15) is 5.11 Å². The van der Waals surface area contributed by atoms with Crippen LogP contribution in [0.2, 0.25) is 0 Å². The van der Waals surface area contributed by atoms with E-state index in [-0.39, 0.29) is 11.4 Å². The van der Waals surface area contributed by atoms with Crippen molar-refractivity contribution in [3.8, 4) is 0 Å². The molecule has 0 atom stereocenters. The summed E-state index contributed by atoms with van der Waals surface area (Å²) in [4.78, 5) is 1.19. The first kappa shape index (κ1) is 9.06. The Balaban J connectivity index is 2.05. The smallest absolute Gasteiger partial charge is 0.0902 e. The number of hydrogen-bond acceptors (Lipinski definition) is 3. The van der Waals surface area contributed by atoms with Gasteiger partial charge in [0.05, 0.1) is 24.6 Å². The second-order valence-corrected chi connectivity index (χ2v) is 4.79. The molecule has 1 N–H and O–H groups in total. The van der Waals surface area contributed by atoms with E-state index >= 15 is 0 Å². The van der Waals surface area contributed by atoms with Crippen LogP contribution in [-0.2, 0) is 4.74 Å². The van der Waals surface area contributed by atoms with Crippen LogP contribution in [0.1, 0.15) is 0 Å². The number of thioether (sulfide) groups is 1. The monoisotopic (exact) mass is 196 g/mol. The van der Waals surface area contributed by atoms with Gasteiger partial charge in [-0.2, -0.15) is 0 Å². The minimum atomic E-state index is -0.0820. The molecule has 70 valence electrons. The van der Waals surface area contributed by atoms with E-state index in [1.807, 2.05) is 18.2 Å². The zero-order valence-corrected chi connectivity index (χ0v) is 8.09. The summed E-state index contributed by atoms with van der Waals surface area (Å²) in [6.07, 6.45) is 0. The van der Waals surface area contributed by atoms with E-state index < -0.39 is 0 Å². The Kier molecular flexibility index (Phi) is 2.58. The number of ether oxygens (including phenoxy) is 1. The van der Waals surface area contributed by atoms with Gasteiger partial charge in [-0.15, -0.1) is 11.8 Å². The summed E-state index contributed by atoms with van der Waals surface area (Å²) in [5, 5.41) is 9.20. The van der Waals surface area contributed by atoms with Gasteiger partial charge in [0.25, 0.3) is 0 Å². The van der Waals surface area contributed by atoms with Crippen LogP contribution >= 0.6 is 11.8 Å². The molecule has 0 unspecified atom stereocenters. The molecule has 0 spiro atoms. The van der Waals surface area contributed by atoms with Gasteiger partial charge in [-0.25, -0.2) is 0 Å². The molecule has 1 aliphatic heterocycles. The second-order valence-electron chi connectivity index (χ2n) is 3.25. The minimum Gasteiger partial charge on any atom is -0.395 e. The van der Waals surface area contributed by atoms with Gasteiger partial charge in [0, 0.05) is 4.90 Å². The molecule has 0 amide bonds. The van der Waals surface area contributed by atoms with Crippen LogP contribution in [0.25, 0.3) is 0 Å². The van der Waals surface area contributed by atoms with Gasteiger partial charge in [0.15, 0.2) is 0 Å². The highest BCUT2D eigenvalue weighted by atomic mass is 32.2. The van der Waals surface area contributed by atoms with Crippen LogP contribution in [0.15, 0.2) is 35.2 Å². The summed E-state index contributed by atoms with van der Waals surface area (Å²) in [6, 6.07) is 10.1.